The van der Waals surface area contributed by atoms with Gasteiger partial charge in [0.05, 0.1) is 84.6 Å². The predicted octanol–water partition coefficient (Wildman–Crippen LogP) is 2.55. The van der Waals surface area contributed by atoms with Crippen LogP contribution in [0.25, 0.3) is 0 Å². The van der Waals surface area contributed by atoms with Gasteiger partial charge in [-0.05, 0) is 77.3 Å². The van der Waals surface area contributed by atoms with Crippen LogP contribution in [-0.4, -0.2) is 133 Å². The molecule has 3 heterocycles. The summed E-state index contributed by atoms with van der Waals surface area (Å²) in [6, 6.07) is 12.5. The average molecular weight is 1010 g/mol. The standard InChI is InChI=1S/C43H47BrFN9O12S/c1-25-22-26(8-9-30(25)51-43-48-23-28(44)39(53-43)50-31-6-3-5-29(45)37(31)38(46)57)67(61)49-13-15-63-17-19-65-21-20-64-18-16-62-14-12-47-35(56)24-66-33-7-2-4-27-36(33)42(60)54(41(27)59)32-10-11-34(55)52-40(32)58/h2-9,22-23,32,49H,10-21,24H2,1H3,(H2,46,57)(H,47,56)(H,52,55,58)(H2,48,50,51,53). The summed E-state index contributed by atoms with van der Waals surface area (Å²) in [5.74, 6) is -4.29. The van der Waals surface area contributed by atoms with Crippen molar-refractivity contribution >= 4 is 85.5 Å². The van der Waals surface area contributed by atoms with Crippen molar-refractivity contribution in [3.05, 3.63) is 93.3 Å². The van der Waals surface area contributed by atoms with Crippen molar-refractivity contribution in [2.24, 2.45) is 5.73 Å². The normalized spacial score (nSPS) is 15.0. The van der Waals surface area contributed by atoms with Crippen LogP contribution in [0.3, 0.4) is 0 Å². The number of benzene rings is 3. The van der Waals surface area contributed by atoms with Crippen LogP contribution in [0.4, 0.5) is 27.5 Å². The molecule has 6 amide bonds. The number of ether oxygens (including phenoxy) is 5. The predicted molar refractivity (Wildman–Crippen MR) is 242 cm³/mol. The number of carbonyl (C=O) groups excluding carboxylic acids is 6. The number of aromatic nitrogens is 2. The van der Waals surface area contributed by atoms with E-state index in [-0.39, 0.29) is 72.5 Å². The molecule has 67 heavy (non-hydrogen) atoms. The molecule has 356 valence electrons. The first-order valence-corrected chi connectivity index (χ1v) is 22.7. The number of aryl methyl sites for hydroxylation is 1. The van der Waals surface area contributed by atoms with Gasteiger partial charge >= 0.3 is 0 Å². The van der Waals surface area contributed by atoms with Crippen molar-refractivity contribution in [1.29, 1.82) is 0 Å². The van der Waals surface area contributed by atoms with Crippen LogP contribution in [0, 0.1) is 12.7 Å². The Labute approximate surface area is 394 Å². The summed E-state index contributed by atoms with van der Waals surface area (Å²) < 4.78 is 58.1. The number of nitrogens with zero attached hydrogens (tertiary/aromatic N) is 3. The van der Waals surface area contributed by atoms with E-state index in [4.69, 9.17) is 29.4 Å². The van der Waals surface area contributed by atoms with Crippen molar-refractivity contribution in [2.45, 2.75) is 30.7 Å². The van der Waals surface area contributed by atoms with E-state index in [1.165, 1.54) is 36.5 Å². The van der Waals surface area contributed by atoms with Crippen LogP contribution in [0.5, 0.6) is 5.75 Å². The number of nitrogens with two attached hydrogens (primary N) is 1. The Bertz CT molecular complexity index is 2520. The van der Waals surface area contributed by atoms with Gasteiger partial charge in [0, 0.05) is 31.4 Å². The average Bonchev–Trinajstić information content (AvgIpc) is 3.55. The number of hydrogen-bond acceptors (Lipinski definition) is 16. The Morgan fingerprint density at radius 3 is 2.27 bits per heavy atom. The Balaban J connectivity index is 0.766. The molecule has 2 unspecified atom stereocenters. The third-order valence-corrected chi connectivity index (χ3v) is 11.6. The van der Waals surface area contributed by atoms with Crippen LogP contribution in [-0.2, 0) is 44.3 Å². The number of anilines is 4. The molecule has 4 aromatic rings. The maximum absolute atomic E-state index is 14.3. The minimum Gasteiger partial charge on any atom is -0.483 e. The third kappa shape index (κ3) is 13.7. The van der Waals surface area contributed by atoms with E-state index in [9.17, 15) is 37.4 Å². The first-order valence-electron chi connectivity index (χ1n) is 20.8. The molecule has 1 saturated heterocycles. The van der Waals surface area contributed by atoms with Gasteiger partial charge in [-0.1, -0.05) is 12.1 Å². The molecular weight excluding hydrogens is 965 g/mol. The lowest BCUT2D eigenvalue weighted by atomic mass is 10.0. The Morgan fingerprint density at radius 1 is 0.896 bits per heavy atom. The molecule has 1 fully saturated rings. The van der Waals surface area contributed by atoms with Crippen molar-refractivity contribution in [1.82, 2.24) is 30.2 Å². The van der Waals surface area contributed by atoms with Gasteiger partial charge in [-0.2, -0.15) is 4.98 Å². The lowest BCUT2D eigenvalue weighted by molar-refractivity contribution is -0.136. The molecular formula is C43H47BrFN9O12S. The summed E-state index contributed by atoms with van der Waals surface area (Å²) in [4.78, 5) is 84.3. The van der Waals surface area contributed by atoms with Crippen LogP contribution in [0.2, 0.25) is 0 Å². The molecule has 0 bridgehead atoms. The Hall–Kier alpha value is -6.28. The summed E-state index contributed by atoms with van der Waals surface area (Å²) >= 11 is 3.36. The molecule has 6 rings (SSSR count). The van der Waals surface area contributed by atoms with Crippen molar-refractivity contribution in [3.8, 4) is 5.75 Å². The highest BCUT2D eigenvalue weighted by atomic mass is 79.9. The molecule has 1 aromatic heterocycles. The van der Waals surface area contributed by atoms with E-state index in [1.807, 2.05) is 6.92 Å². The molecule has 0 spiro atoms. The third-order valence-electron chi connectivity index (χ3n) is 9.87. The molecule has 0 radical (unpaired) electrons. The van der Waals surface area contributed by atoms with E-state index in [1.54, 1.807) is 18.2 Å². The highest BCUT2D eigenvalue weighted by Gasteiger charge is 2.46. The highest BCUT2D eigenvalue weighted by molar-refractivity contribution is 9.10. The van der Waals surface area contributed by atoms with Crippen molar-refractivity contribution in [2.75, 3.05) is 83.2 Å². The fourth-order valence-corrected chi connectivity index (χ4v) is 7.85. The molecule has 0 aliphatic carbocycles. The quantitative estimate of drug-likeness (QED) is 0.0389. The maximum atomic E-state index is 14.3. The summed E-state index contributed by atoms with van der Waals surface area (Å²) in [5, 5.41) is 10.8. The number of amides is 6. The zero-order valence-electron chi connectivity index (χ0n) is 36.0. The SMILES string of the molecule is Cc1cc(S(=O)NCCOCCOCCOCCOCCNC(=O)COc2cccc3c2C(=O)N(C2CCC(=O)NC2=O)C3=O)ccc1Nc1ncc(Br)c(Nc2cccc(F)c2C(N)=O)n1. The van der Waals surface area contributed by atoms with Gasteiger partial charge in [0.25, 0.3) is 23.6 Å². The summed E-state index contributed by atoms with van der Waals surface area (Å²) in [6.45, 7) is 4.33. The lowest BCUT2D eigenvalue weighted by Gasteiger charge is -2.27. The highest BCUT2D eigenvalue weighted by Crippen LogP contribution is 2.34. The van der Waals surface area contributed by atoms with Crippen LogP contribution in [0.15, 0.2) is 70.2 Å². The molecule has 0 saturated carbocycles. The number of piperidine rings is 1. The van der Waals surface area contributed by atoms with Gasteiger partial charge in [-0.15, -0.1) is 0 Å². The van der Waals surface area contributed by atoms with Crippen molar-refractivity contribution in [3.63, 3.8) is 0 Å². The van der Waals surface area contributed by atoms with Crippen LogP contribution < -0.4 is 36.5 Å². The monoisotopic (exact) mass is 1010 g/mol. The molecule has 2 aliphatic rings. The van der Waals surface area contributed by atoms with Gasteiger partial charge in [0.2, 0.25) is 17.8 Å². The Kier molecular flexibility index (Phi) is 18.3. The number of primary amides is 1. The maximum Gasteiger partial charge on any atom is 0.266 e. The number of rotatable bonds is 26. The van der Waals surface area contributed by atoms with Gasteiger partial charge < -0.3 is 45.4 Å². The first-order chi connectivity index (χ1) is 32.3. The lowest BCUT2D eigenvalue weighted by Crippen LogP contribution is -2.54. The zero-order valence-corrected chi connectivity index (χ0v) is 38.4. The fourth-order valence-electron chi connectivity index (χ4n) is 6.65. The second-order valence-corrected chi connectivity index (χ2v) is 16.7. The number of fused-ring (bicyclic) bond motifs is 1. The fraction of sp³-hybridized carbons (Fsp3) is 0.349. The van der Waals surface area contributed by atoms with Gasteiger partial charge in [-0.25, -0.2) is 18.3 Å². The van der Waals surface area contributed by atoms with E-state index in [0.717, 1.165) is 16.5 Å². The first kappa shape index (κ1) is 50.1. The summed E-state index contributed by atoms with van der Waals surface area (Å²) in [7, 11) is -1.51. The van der Waals surface area contributed by atoms with E-state index in [2.05, 4.69) is 51.9 Å². The van der Waals surface area contributed by atoms with E-state index in [0.29, 0.717) is 61.2 Å². The number of carbonyl (C=O) groups is 6. The van der Waals surface area contributed by atoms with E-state index < -0.39 is 64.9 Å². The van der Waals surface area contributed by atoms with Crippen LogP contribution >= 0.6 is 15.9 Å². The molecule has 7 N–H and O–H groups in total. The number of hydrogen-bond donors (Lipinski definition) is 6. The summed E-state index contributed by atoms with van der Waals surface area (Å²) in [6.07, 6.45) is 1.51. The van der Waals surface area contributed by atoms with Crippen molar-refractivity contribution < 1.29 is 61.1 Å². The molecule has 24 heteroatoms. The van der Waals surface area contributed by atoms with Gasteiger partial charge in [-0.3, -0.25) is 39.0 Å². The number of halogens is 2. The minimum absolute atomic E-state index is 0.00449. The van der Waals surface area contributed by atoms with Crippen LogP contribution in [0.1, 0.15) is 49.5 Å². The largest absolute Gasteiger partial charge is 0.483 e. The smallest absolute Gasteiger partial charge is 0.266 e. The minimum atomic E-state index is -1.51. The molecule has 2 aliphatic heterocycles. The number of imide groups is 2. The topological polar surface area (TPSA) is 281 Å². The molecule has 3 aromatic carbocycles. The molecule has 21 nitrogen and oxygen atoms in total. The number of nitrogens with one attached hydrogen (secondary N) is 5. The second kappa shape index (κ2) is 24.5. The molecule has 2 atom stereocenters. The zero-order chi connectivity index (χ0) is 47.9. The Morgan fingerprint density at radius 2 is 1.58 bits per heavy atom. The van der Waals surface area contributed by atoms with Gasteiger partial charge in [0.1, 0.15) is 34.4 Å². The van der Waals surface area contributed by atoms with E-state index >= 15 is 0 Å². The summed E-state index contributed by atoms with van der Waals surface area (Å²) in [5.41, 5.74) is 6.63. The second-order valence-electron chi connectivity index (χ2n) is 14.5. The van der Waals surface area contributed by atoms with Gasteiger partial charge in [0.15, 0.2) is 6.61 Å².